The summed E-state index contributed by atoms with van der Waals surface area (Å²) in [5.74, 6) is 7.45. The van der Waals surface area contributed by atoms with Gasteiger partial charge < -0.3 is 4.74 Å². The van der Waals surface area contributed by atoms with Crippen LogP contribution in [0.3, 0.4) is 0 Å². The summed E-state index contributed by atoms with van der Waals surface area (Å²) in [5.41, 5.74) is 1.56. The minimum absolute atomic E-state index is 0.613. The largest absolute Gasteiger partial charge is 0.497 e. The van der Waals surface area contributed by atoms with E-state index >= 15 is 0 Å². The number of unbranched alkanes of at least 4 members (excludes halogenated alkanes) is 1. The number of nitrogens with zero attached hydrogens (tertiary/aromatic N) is 1. The molecular formula is C15H13Cl2NO. The van der Waals surface area contributed by atoms with Crippen molar-refractivity contribution in [2.45, 2.75) is 12.8 Å². The van der Waals surface area contributed by atoms with E-state index in [0.29, 0.717) is 10.9 Å². The monoisotopic (exact) mass is 293 g/mol. The van der Waals surface area contributed by atoms with Crippen molar-refractivity contribution in [3.05, 3.63) is 35.0 Å². The Balaban J connectivity index is 2.40. The molecule has 0 saturated heterocycles. The van der Waals surface area contributed by atoms with Gasteiger partial charge in [0.1, 0.15) is 5.75 Å². The first kappa shape index (κ1) is 14.0. The second-order valence-electron chi connectivity index (χ2n) is 3.96. The predicted octanol–water partition coefficient (Wildman–Crippen LogP) is 4.27. The summed E-state index contributed by atoms with van der Waals surface area (Å²) in [6.45, 7) is 0. The van der Waals surface area contributed by atoms with Crippen molar-refractivity contribution in [1.82, 2.24) is 4.98 Å². The molecule has 0 saturated carbocycles. The van der Waals surface area contributed by atoms with Crippen LogP contribution in [0, 0.1) is 11.8 Å². The van der Waals surface area contributed by atoms with Crippen LogP contribution in [-0.4, -0.2) is 18.0 Å². The Bertz CT molecular complexity index is 644. The number of hydrogen-bond donors (Lipinski definition) is 0. The third kappa shape index (κ3) is 3.32. The minimum atomic E-state index is 0.613. The van der Waals surface area contributed by atoms with Crippen molar-refractivity contribution in [3.8, 4) is 17.6 Å². The molecule has 0 aliphatic rings. The van der Waals surface area contributed by atoms with Crippen molar-refractivity contribution in [2.24, 2.45) is 0 Å². The van der Waals surface area contributed by atoms with Gasteiger partial charge in [-0.2, -0.15) is 0 Å². The van der Waals surface area contributed by atoms with Gasteiger partial charge in [-0.1, -0.05) is 23.4 Å². The average Bonchev–Trinajstić information content (AvgIpc) is 2.45. The molecule has 2 nitrogen and oxygen atoms in total. The molecule has 0 unspecified atom stereocenters. The van der Waals surface area contributed by atoms with Gasteiger partial charge in [0, 0.05) is 23.9 Å². The first-order valence-electron chi connectivity index (χ1n) is 5.93. The van der Waals surface area contributed by atoms with Crippen molar-refractivity contribution in [2.75, 3.05) is 13.0 Å². The first-order chi connectivity index (χ1) is 9.26. The molecule has 0 bridgehead atoms. The molecule has 1 heterocycles. The summed E-state index contributed by atoms with van der Waals surface area (Å²) < 4.78 is 5.19. The maximum Gasteiger partial charge on any atom is 0.119 e. The predicted molar refractivity (Wildman–Crippen MR) is 80.1 cm³/mol. The fourth-order valence-electron chi connectivity index (χ4n) is 1.67. The standard InChI is InChI=1S/C15H13Cl2NO/c1-19-12-6-7-14-13(9-12)15(17)11(10-18-14)5-3-2-4-8-16/h6-7,9-10H,2,4,8H2,1H3. The number of aromatic nitrogens is 1. The Kier molecular flexibility index (Phi) is 4.90. The highest BCUT2D eigenvalue weighted by atomic mass is 35.5. The summed E-state index contributed by atoms with van der Waals surface area (Å²) in [4.78, 5) is 4.35. The van der Waals surface area contributed by atoms with Gasteiger partial charge in [0.2, 0.25) is 0 Å². The number of pyridine rings is 1. The van der Waals surface area contributed by atoms with Gasteiger partial charge >= 0.3 is 0 Å². The average molecular weight is 294 g/mol. The number of rotatable bonds is 3. The van der Waals surface area contributed by atoms with Crippen LogP contribution in [0.2, 0.25) is 5.02 Å². The van der Waals surface area contributed by atoms with Crippen molar-refractivity contribution in [1.29, 1.82) is 0 Å². The quantitative estimate of drug-likeness (QED) is 0.479. The Labute approximate surface area is 122 Å². The summed E-state index contributed by atoms with van der Waals surface area (Å²) in [6, 6.07) is 5.61. The number of benzene rings is 1. The molecule has 2 rings (SSSR count). The van der Waals surface area contributed by atoms with Gasteiger partial charge in [-0.05, 0) is 24.6 Å². The lowest BCUT2D eigenvalue weighted by atomic mass is 10.1. The van der Waals surface area contributed by atoms with Gasteiger partial charge in [-0.25, -0.2) is 0 Å². The maximum atomic E-state index is 6.36. The van der Waals surface area contributed by atoms with Crippen LogP contribution < -0.4 is 4.74 Å². The number of halogens is 2. The normalized spacial score (nSPS) is 10.1. The molecule has 0 N–H and O–H groups in total. The van der Waals surface area contributed by atoms with Gasteiger partial charge in [0.05, 0.1) is 23.2 Å². The molecule has 19 heavy (non-hydrogen) atoms. The number of methoxy groups -OCH3 is 1. The molecule has 0 spiro atoms. The van der Waals surface area contributed by atoms with Crippen LogP contribution in [0.25, 0.3) is 10.9 Å². The molecule has 4 heteroatoms. The maximum absolute atomic E-state index is 6.36. The van der Waals surface area contributed by atoms with Crippen LogP contribution in [0.4, 0.5) is 0 Å². The lowest BCUT2D eigenvalue weighted by Crippen LogP contribution is -1.88. The van der Waals surface area contributed by atoms with Gasteiger partial charge in [-0.3, -0.25) is 4.98 Å². The Morgan fingerprint density at radius 2 is 2.21 bits per heavy atom. The van der Waals surface area contributed by atoms with Crippen molar-refractivity contribution < 1.29 is 4.74 Å². The van der Waals surface area contributed by atoms with Crippen molar-refractivity contribution >= 4 is 34.1 Å². The minimum Gasteiger partial charge on any atom is -0.497 e. The molecule has 1 aromatic carbocycles. The molecule has 0 fully saturated rings. The SMILES string of the molecule is COc1ccc2ncc(C#CCCCCl)c(Cl)c2c1. The van der Waals surface area contributed by atoms with Gasteiger partial charge in [0.25, 0.3) is 0 Å². The van der Waals surface area contributed by atoms with Crippen LogP contribution in [-0.2, 0) is 0 Å². The van der Waals surface area contributed by atoms with Crippen LogP contribution >= 0.6 is 23.2 Å². The van der Waals surface area contributed by atoms with E-state index in [-0.39, 0.29) is 0 Å². The Hall–Kier alpha value is -1.43. The van der Waals surface area contributed by atoms with Crippen LogP contribution in [0.1, 0.15) is 18.4 Å². The first-order valence-corrected chi connectivity index (χ1v) is 6.84. The third-order valence-electron chi connectivity index (χ3n) is 2.67. The third-order valence-corrected chi connectivity index (χ3v) is 3.34. The number of ether oxygens (including phenoxy) is 1. The Morgan fingerprint density at radius 3 is 2.95 bits per heavy atom. The highest BCUT2D eigenvalue weighted by Gasteiger charge is 2.06. The number of fused-ring (bicyclic) bond motifs is 1. The fraction of sp³-hybridized carbons (Fsp3) is 0.267. The lowest BCUT2D eigenvalue weighted by molar-refractivity contribution is 0.415. The number of hydrogen-bond acceptors (Lipinski definition) is 2. The molecule has 2 aromatic rings. The smallest absolute Gasteiger partial charge is 0.119 e. The topological polar surface area (TPSA) is 22.1 Å². The summed E-state index contributed by atoms with van der Waals surface area (Å²) in [5, 5.41) is 1.47. The fourth-order valence-corrected chi connectivity index (χ4v) is 2.05. The van der Waals surface area contributed by atoms with Gasteiger partial charge in [0.15, 0.2) is 0 Å². The van der Waals surface area contributed by atoms with E-state index in [1.54, 1.807) is 13.3 Å². The van der Waals surface area contributed by atoms with Crippen LogP contribution in [0.15, 0.2) is 24.4 Å². The van der Waals surface area contributed by atoms with Crippen molar-refractivity contribution in [3.63, 3.8) is 0 Å². The molecule has 1 aromatic heterocycles. The highest BCUT2D eigenvalue weighted by Crippen LogP contribution is 2.28. The van der Waals surface area contributed by atoms with E-state index in [4.69, 9.17) is 27.9 Å². The number of alkyl halides is 1. The summed E-state index contributed by atoms with van der Waals surface area (Å²) in [7, 11) is 1.62. The van der Waals surface area contributed by atoms with E-state index in [1.807, 2.05) is 18.2 Å². The summed E-state index contributed by atoms with van der Waals surface area (Å²) in [6.07, 6.45) is 3.34. The molecule has 0 aliphatic carbocycles. The molecular weight excluding hydrogens is 281 g/mol. The molecule has 0 amide bonds. The molecule has 0 radical (unpaired) electrons. The zero-order valence-corrected chi connectivity index (χ0v) is 12.1. The molecule has 0 atom stereocenters. The van der Waals surface area contributed by atoms with Crippen LogP contribution in [0.5, 0.6) is 5.75 Å². The summed E-state index contributed by atoms with van der Waals surface area (Å²) >= 11 is 12.0. The second kappa shape index (κ2) is 6.65. The van der Waals surface area contributed by atoms with E-state index in [1.165, 1.54) is 0 Å². The lowest BCUT2D eigenvalue weighted by Gasteiger charge is -2.05. The zero-order valence-electron chi connectivity index (χ0n) is 10.5. The highest BCUT2D eigenvalue weighted by molar-refractivity contribution is 6.36. The van der Waals surface area contributed by atoms with E-state index in [9.17, 15) is 0 Å². The molecule has 0 aliphatic heterocycles. The van der Waals surface area contributed by atoms with E-state index in [2.05, 4.69) is 16.8 Å². The van der Waals surface area contributed by atoms with Gasteiger partial charge in [-0.15, -0.1) is 11.6 Å². The molecule has 98 valence electrons. The second-order valence-corrected chi connectivity index (χ2v) is 4.72. The van der Waals surface area contributed by atoms with E-state index < -0.39 is 0 Å². The Morgan fingerprint density at radius 1 is 1.37 bits per heavy atom. The van der Waals surface area contributed by atoms with E-state index in [0.717, 1.165) is 35.1 Å². The zero-order chi connectivity index (χ0) is 13.7.